The van der Waals surface area contributed by atoms with Gasteiger partial charge in [0.05, 0.1) is 19.3 Å². The van der Waals surface area contributed by atoms with E-state index in [0.717, 1.165) is 0 Å². The molecule has 2 unspecified atom stereocenters. The molecule has 0 aromatic carbocycles. The van der Waals surface area contributed by atoms with Crippen LogP contribution in [0.15, 0.2) is 29.4 Å². The third kappa shape index (κ3) is 2.54. The lowest BCUT2D eigenvalue weighted by atomic mass is 10.2. The van der Waals surface area contributed by atoms with Gasteiger partial charge in [-0.1, -0.05) is 0 Å². The van der Waals surface area contributed by atoms with E-state index in [-0.39, 0.29) is 30.7 Å². The van der Waals surface area contributed by atoms with Crippen LogP contribution < -0.4 is 0 Å². The number of morpholine rings is 1. The fourth-order valence-corrected chi connectivity index (χ4v) is 3.48. The van der Waals surface area contributed by atoms with Crippen LogP contribution in [-0.4, -0.2) is 54.7 Å². The first kappa shape index (κ1) is 13.4. The van der Waals surface area contributed by atoms with E-state index < -0.39 is 16.1 Å². The quantitative estimate of drug-likeness (QED) is 0.828. The molecule has 1 N–H and O–H groups in total. The lowest BCUT2D eigenvalue weighted by Crippen LogP contribution is -2.51. The predicted octanol–water partition coefficient (Wildman–Crippen LogP) is -0.148. The minimum absolute atomic E-state index is 0.162. The van der Waals surface area contributed by atoms with E-state index in [1.54, 1.807) is 13.0 Å². The highest BCUT2D eigenvalue weighted by molar-refractivity contribution is 7.89. The Kier molecular flexibility index (Phi) is 3.96. The summed E-state index contributed by atoms with van der Waals surface area (Å²) in [6, 6.07) is 2.85. The topological polar surface area (TPSA) is 79.7 Å². The predicted molar refractivity (Wildman–Crippen MR) is 64.4 cm³/mol. The number of rotatable bonds is 3. The van der Waals surface area contributed by atoms with Crippen molar-refractivity contribution in [2.45, 2.75) is 24.0 Å². The highest BCUT2D eigenvalue weighted by Crippen LogP contribution is 2.21. The molecule has 0 radical (unpaired) electrons. The van der Waals surface area contributed by atoms with Crippen LogP contribution in [0, 0.1) is 0 Å². The van der Waals surface area contributed by atoms with E-state index >= 15 is 0 Å². The molecule has 6 nitrogen and oxygen atoms in total. The highest BCUT2D eigenvalue weighted by Gasteiger charge is 2.35. The molecule has 1 fully saturated rings. The van der Waals surface area contributed by atoms with Gasteiger partial charge in [-0.25, -0.2) is 8.42 Å². The Balaban J connectivity index is 2.29. The number of hydrogen-bond donors (Lipinski definition) is 1. The summed E-state index contributed by atoms with van der Waals surface area (Å²) in [6.45, 7) is 2.03. The standard InChI is InChI=1S/C11H16N2O4S/c1-9-8-17-10(7-14)6-13(9)18(15,16)11-3-2-4-12-5-11/h2-5,9-10,14H,6-8H2,1H3. The van der Waals surface area contributed by atoms with Crippen molar-refractivity contribution in [3.05, 3.63) is 24.5 Å². The first-order chi connectivity index (χ1) is 8.55. The van der Waals surface area contributed by atoms with Gasteiger partial charge in [-0.2, -0.15) is 4.31 Å². The van der Waals surface area contributed by atoms with Gasteiger partial charge in [-0.3, -0.25) is 4.98 Å². The second-order valence-electron chi connectivity index (χ2n) is 4.25. The van der Waals surface area contributed by atoms with Crippen LogP contribution in [0.25, 0.3) is 0 Å². The Hall–Kier alpha value is -1.02. The van der Waals surface area contributed by atoms with Crippen LogP contribution in [0.1, 0.15) is 6.92 Å². The van der Waals surface area contributed by atoms with Gasteiger partial charge in [0.25, 0.3) is 0 Å². The third-order valence-electron chi connectivity index (χ3n) is 2.89. The smallest absolute Gasteiger partial charge is 0.245 e. The van der Waals surface area contributed by atoms with E-state index in [9.17, 15) is 8.42 Å². The molecular formula is C11H16N2O4S. The van der Waals surface area contributed by atoms with Crippen LogP contribution in [0.3, 0.4) is 0 Å². The molecule has 2 heterocycles. The zero-order valence-corrected chi connectivity index (χ0v) is 10.9. The molecule has 1 saturated heterocycles. The van der Waals surface area contributed by atoms with Crippen LogP contribution in [0.4, 0.5) is 0 Å². The lowest BCUT2D eigenvalue weighted by Gasteiger charge is -2.36. The Bertz CT molecular complexity index is 491. The molecule has 0 aliphatic carbocycles. The summed E-state index contributed by atoms with van der Waals surface area (Å²) in [5.41, 5.74) is 0. The summed E-state index contributed by atoms with van der Waals surface area (Å²) < 4.78 is 31.5. The van der Waals surface area contributed by atoms with Crippen molar-refractivity contribution >= 4 is 10.0 Å². The van der Waals surface area contributed by atoms with Crippen molar-refractivity contribution in [2.24, 2.45) is 0 Å². The highest BCUT2D eigenvalue weighted by atomic mass is 32.2. The fourth-order valence-electron chi connectivity index (χ4n) is 1.87. The van der Waals surface area contributed by atoms with Crippen molar-refractivity contribution < 1.29 is 18.3 Å². The Labute approximate surface area is 106 Å². The van der Waals surface area contributed by atoms with E-state index in [4.69, 9.17) is 9.84 Å². The van der Waals surface area contributed by atoms with Crippen molar-refractivity contribution in [3.8, 4) is 0 Å². The monoisotopic (exact) mass is 272 g/mol. The molecule has 7 heteroatoms. The number of hydrogen-bond acceptors (Lipinski definition) is 5. The minimum Gasteiger partial charge on any atom is -0.394 e. The molecule has 2 atom stereocenters. The second-order valence-corrected chi connectivity index (χ2v) is 6.14. The Morgan fingerprint density at radius 2 is 2.39 bits per heavy atom. The Morgan fingerprint density at radius 1 is 1.61 bits per heavy atom. The maximum absolute atomic E-state index is 12.4. The summed E-state index contributed by atoms with van der Waals surface area (Å²) in [4.78, 5) is 3.99. The molecule has 18 heavy (non-hydrogen) atoms. The molecule has 100 valence electrons. The van der Waals surface area contributed by atoms with Gasteiger partial charge >= 0.3 is 0 Å². The molecule has 0 bridgehead atoms. The van der Waals surface area contributed by atoms with Crippen LogP contribution >= 0.6 is 0 Å². The second kappa shape index (κ2) is 5.31. The van der Waals surface area contributed by atoms with Crippen LogP contribution in [0.5, 0.6) is 0 Å². The molecule has 2 rings (SSSR count). The maximum Gasteiger partial charge on any atom is 0.245 e. The average Bonchev–Trinajstić information content (AvgIpc) is 2.40. The van der Waals surface area contributed by atoms with Gasteiger partial charge < -0.3 is 9.84 Å². The molecule has 1 aliphatic rings. The molecule has 1 aromatic heterocycles. The van der Waals surface area contributed by atoms with E-state index in [0.29, 0.717) is 0 Å². The number of ether oxygens (including phenoxy) is 1. The summed E-state index contributed by atoms with van der Waals surface area (Å²) in [5, 5.41) is 9.07. The summed E-state index contributed by atoms with van der Waals surface area (Å²) >= 11 is 0. The van der Waals surface area contributed by atoms with Gasteiger partial charge in [0.2, 0.25) is 10.0 Å². The average molecular weight is 272 g/mol. The number of aromatic nitrogens is 1. The molecule has 1 aromatic rings. The van der Waals surface area contributed by atoms with E-state index in [2.05, 4.69) is 4.98 Å². The molecule has 0 amide bonds. The normalized spacial score (nSPS) is 26.1. The van der Waals surface area contributed by atoms with Crippen LogP contribution in [0.2, 0.25) is 0 Å². The maximum atomic E-state index is 12.4. The van der Waals surface area contributed by atoms with Crippen LogP contribution in [-0.2, 0) is 14.8 Å². The lowest BCUT2D eigenvalue weighted by molar-refractivity contribution is -0.0516. The first-order valence-corrected chi connectivity index (χ1v) is 7.14. The van der Waals surface area contributed by atoms with Gasteiger partial charge in [0.1, 0.15) is 4.90 Å². The fraction of sp³-hybridized carbons (Fsp3) is 0.545. The summed E-state index contributed by atoms with van der Waals surface area (Å²) in [6.07, 6.45) is 2.39. The molecule has 1 aliphatic heterocycles. The summed E-state index contributed by atoms with van der Waals surface area (Å²) in [5.74, 6) is 0. The number of aliphatic hydroxyl groups is 1. The number of sulfonamides is 1. The number of aliphatic hydroxyl groups excluding tert-OH is 1. The van der Waals surface area contributed by atoms with Crippen molar-refractivity contribution in [1.82, 2.24) is 9.29 Å². The zero-order valence-electron chi connectivity index (χ0n) is 10.1. The third-order valence-corrected chi connectivity index (χ3v) is 4.86. The SMILES string of the molecule is CC1COC(CO)CN1S(=O)(=O)c1cccnc1. The van der Waals surface area contributed by atoms with Gasteiger partial charge in [0.15, 0.2) is 0 Å². The van der Waals surface area contributed by atoms with Gasteiger partial charge in [-0.15, -0.1) is 0 Å². The van der Waals surface area contributed by atoms with Gasteiger partial charge in [-0.05, 0) is 19.1 Å². The summed E-state index contributed by atoms with van der Waals surface area (Å²) in [7, 11) is -3.57. The largest absolute Gasteiger partial charge is 0.394 e. The number of pyridine rings is 1. The zero-order chi connectivity index (χ0) is 13.2. The van der Waals surface area contributed by atoms with E-state index in [1.165, 1.54) is 22.8 Å². The van der Waals surface area contributed by atoms with Crippen molar-refractivity contribution in [3.63, 3.8) is 0 Å². The first-order valence-electron chi connectivity index (χ1n) is 5.70. The van der Waals surface area contributed by atoms with Crippen molar-refractivity contribution in [1.29, 1.82) is 0 Å². The minimum atomic E-state index is -3.57. The molecule has 0 saturated carbocycles. The van der Waals surface area contributed by atoms with E-state index in [1.807, 2.05) is 0 Å². The molecule has 0 spiro atoms. The Morgan fingerprint density at radius 3 is 3.00 bits per heavy atom. The molecular weight excluding hydrogens is 256 g/mol. The van der Waals surface area contributed by atoms with Crippen molar-refractivity contribution in [2.75, 3.05) is 19.8 Å². The van der Waals surface area contributed by atoms with Gasteiger partial charge in [0, 0.05) is 25.0 Å². The number of nitrogens with zero attached hydrogens (tertiary/aromatic N) is 2.